The molecule has 1 fully saturated rings. The van der Waals surface area contributed by atoms with Crippen LogP contribution in [0.3, 0.4) is 0 Å². The third kappa shape index (κ3) is 8.14. The molecule has 1 aliphatic rings. The van der Waals surface area contributed by atoms with Gasteiger partial charge in [0.2, 0.25) is 5.88 Å². The Morgan fingerprint density at radius 1 is 1.21 bits per heavy atom. The van der Waals surface area contributed by atoms with Crippen molar-refractivity contribution in [2.24, 2.45) is 0 Å². The van der Waals surface area contributed by atoms with Gasteiger partial charge in [-0.1, -0.05) is 13.8 Å². The van der Waals surface area contributed by atoms with Crippen LogP contribution in [0.1, 0.15) is 60.2 Å². The van der Waals surface area contributed by atoms with Gasteiger partial charge in [0.05, 0.1) is 0 Å². The van der Waals surface area contributed by atoms with Gasteiger partial charge in [0.15, 0.2) is 17.4 Å². The van der Waals surface area contributed by atoms with Crippen molar-refractivity contribution < 1.29 is 27.8 Å². The zero-order valence-electron chi connectivity index (χ0n) is 20.1. The van der Waals surface area contributed by atoms with E-state index in [2.05, 4.69) is 9.97 Å². The van der Waals surface area contributed by atoms with Crippen LogP contribution in [0.15, 0.2) is 30.5 Å². The molecule has 9 heteroatoms. The van der Waals surface area contributed by atoms with E-state index in [0.29, 0.717) is 31.1 Å². The van der Waals surface area contributed by atoms with Gasteiger partial charge in [-0.3, -0.25) is 0 Å². The standard InChI is InChI=1S/C22H27F2N3O4.C2H6/c1-14-11-16(8-10-27(14)21(28)31-22(2,3)4)30-20-7-9-25-19(26-20)13-29-18-6-5-15(23)12-17(18)24;1-2/h5-7,9,12,14,16H,8,10-11,13H2,1-4H3;1-2H3/t14-,16-;/m0./s1. The van der Waals surface area contributed by atoms with Crippen molar-refractivity contribution in [3.8, 4) is 11.6 Å². The molecule has 0 radical (unpaired) electrons. The molecule has 0 N–H and O–H groups in total. The first-order chi connectivity index (χ1) is 15.6. The first kappa shape index (κ1) is 26.3. The lowest BCUT2D eigenvalue weighted by atomic mass is 10.0. The number of hydrogen-bond donors (Lipinski definition) is 0. The molecule has 0 spiro atoms. The monoisotopic (exact) mass is 465 g/mol. The number of nitrogens with zero attached hydrogens (tertiary/aromatic N) is 3. The molecule has 3 rings (SSSR count). The van der Waals surface area contributed by atoms with Crippen LogP contribution in [0.2, 0.25) is 0 Å². The number of rotatable bonds is 5. The molecule has 0 aliphatic carbocycles. The Balaban J connectivity index is 0.00000187. The van der Waals surface area contributed by atoms with E-state index in [4.69, 9.17) is 14.2 Å². The maximum atomic E-state index is 13.7. The lowest BCUT2D eigenvalue weighted by Crippen LogP contribution is -2.49. The fourth-order valence-corrected chi connectivity index (χ4v) is 3.25. The second kappa shape index (κ2) is 11.8. The largest absolute Gasteiger partial charge is 0.483 e. The number of benzene rings is 1. The molecule has 33 heavy (non-hydrogen) atoms. The quantitative estimate of drug-likeness (QED) is 0.578. The maximum absolute atomic E-state index is 13.7. The minimum atomic E-state index is -0.793. The van der Waals surface area contributed by atoms with E-state index in [1.54, 1.807) is 11.0 Å². The van der Waals surface area contributed by atoms with Crippen molar-refractivity contribution in [3.05, 3.63) is 47.9 Å². The second-order valence-corrected chi connectivity index (χ2v) is 8.46. The summed E-state index contributed by atoms with van der Waals surface area (Å²) in [6.45, 7) is 11.9. The van der Waals surface area contributed by atoms with Gasteiger partial charge in [0, 0.05) is 43.8 Å². The van der Waals surface area contributed by atoms with Gasteiger partial charge in [-0.05, 0) is 39.8 Å². The summed E-state index contributed by atoms with van der Waals surface area (Å²) < 4.78 is 43.5. The van der Waals surface area contributed by atoms with Gasteiger partial charge >= 0.3 is 6.09 Å². The highest BCUT2D eigenvalue weighted by molar-refractivity contribution is 5.68. The van der Waals surface area contributed by atoms with E-state index < -0.39 is 17.2 Å². The van der Waals surface area contributed by atoms with Gasteiger partial charge in [-0.25, -0.2) is 18.6 Å². The van der Waals surface area contributed by atoms with E-state index in [-0.39, 0.29) is 30.6 Å². The molecule has 0 saturated carbocycles. The summed E-state index contributed by atoms with van der Waals surface area (Å²) in [5, 5.41) is 0. The summed E-state index contributed by atoms with van der Waals surface area (Å²) in [6, 6.07) is 4.67. The first-order valence-electron chi connectivity index (χ1n) is 11.2. The smallest absolute Gasteiger partial charge is 0.410 e. The number of ether oxygens (including phenoxy) is 3. The molecule has 182 valence electrons. The average molecular weight is 466 g/mol. The van der Waals surface area contributed by atoms with Gasteiger partial charge < -0.3 is 19.1 Å². The minimum Gasteiger partial charge on any atom is -0.483 e. The summed E-state index contributed by atoms with van der Waals surface area (Å²) in [5.74, 6) is -0.877. The van der Waals surface area contributed by atoms with E-state index in [9.17, 15) is 13.6 Å². The van der Waals surface area contributed by atoms with Gasteiger partial charge in [0.25, 0.3) is 0 Å². The van der Waals surface area contributed by atoms with Crippen LogP contribution in [0.4, 0.5) is 13.6 Å². The Hall–Kier alpha value is -2.97. The number of carbonyl (C=O) groups is 1. The topological polar surface area (TPSA) is 73.8 Å². The Morgan fingerprint density at radius 3 is 2.58 bits per heavy atom. The fourth-order valence-electron chi connectivity index (χ4n) is 3.25. The highest BCUT2D eigenvalue weighted by Crippen LogP contribution is 2.24. The molecule has 2 aromatic rings. The van der Waals surface area contributed by atoms with Crippen LogP contribution >= 0.6 is 0 Å². The Kier molecular flexibility index (Phi) is 9.37. The molecule has 0 bridgehead atoms. The molecular formula is C24H33F2N3O4. The molecule has 1 amide bonds. The number of piperidine rings is 1. The number of aromatic nitrogens is 2. The highest BCUT2D eigenvalue weighted by atomic mass is 19.1. The zero-order chi connectivity index (χ0) is 24.6. The Bertz CT molecular complexity index is 921. The fraction of sp³-hybridized carbons (Fsp3) is 0.542. The molecule has 1 aromatic heterocycles. The molecule has 1 saturated heterocycles. The molecule has 1 aliphatic heterocycles. The molecule has 0 unspecified atom stereocenters. The zero-order valence-corrected chi connectivity index (χ0v) is 20.1. The Morgan fingerprint density at radius 2 is 1.94 bits per heavy atom. The molecule has 7 nitrogen and oxygen atoms in total. The van der Waals surface area contributed by atoms with Crippen LogP contribution in [0.5, 0.6) is 11.6 Å². The molecule has 1 aromatic carbocycles. The molecule has 2 atom stereocenters. The minimum absolute atomic E-state index is 0.0420. The van der Waals surface area contributed by atoms with E-state index in [0.717, 1.165) is 12.1 Å². The number of amides is 1. The third-order valence-corrected chi connectivity index (χ3v) is 4.67. The number of halogens is 2. The summed E-state index contributed by atoms with van der Waals surface area (Å²) >= 11 is 0. The third-order valence-electron chi connectivity index (χ3n) is 4.67. The highest BCUT2D eigenvalue weighted by Gasteiger charge is 2.32. The van der Waals surface area contributed by atoms with Gasteiger partial charge in [0.1, 0.15) is 24.1 Å². The number of likely N-dealkylation sites (tertiary alicyclic amines) is 1. The van der Waals surface area contributed by atoms with Crippen molar-refractivity contribution >= 4 is 6.09 Å². The van der Waals surface area contributed by atoms with Crippen LogP contribution in [0.25, 0.3) is 0 Å². The second-order valence-electron chi connectivity index (χ2n) is 8.46. The van der Waals surface area contributed by atoms with Crippen LogP contribution < -0.4 is 9.47 Å². The molecule has 2 heterocycles. The van der Waals surface area contributed by atoms with E-state index in [1.807, 2.05) is 41.5 Å². The summed E-state index contributed by atoms with van der Waals surface area (Å²) in [6.07, 6.45) is 2.36. The number of hydrogen-bond acceptors (Lipinski definition) is 6. The normalized spacial score (nSPS) is 18.1. The number of carbonyl (C=O) groups excluding carboxylic acids is 1. The van der Waals surface area contributed by atoms with Crippen LogP contribution in [-0.4, -0.2) is 45.3 Å². The predicted octanol–water partition coefficient (Wildman–Crippen LogP) is 5.53. The van der Waals surface area contributed by atoms with Crippen molar-refractivity contribution in [1.29, 1.82) is 0 Å². The first-order valence-corrected chi connectivity index (χ1v) is 11.2. The summed E-state index contributed by atoms with van der Waals surface area (Å²) in [5.41, 5.74) is -0.541. The van der Waals surface area contributed by atoms with Crippen molar-refractivity contribution in [2.75, 3.05) is 6.54 Å². The van der Waals surface area contributed by atoms with Crippen LogP contribution in [-0.2, 0) is 11.3 Å². The van der Waals surface area contributed by atoms with E-state index >= 15 is 0 Å². The lowest BCUT2D eigenvalue weighted by Gasteiger charge is -2.38. The summed E-state index contributed by atoms with van der Waals surface area (Å²) in [7, 11) is 0. The van der Waals surface area contributed by atoms with Crippen molar-refractivity contribution in [1.82, 2.24) is 14.9 Å². The van der Waals surface area contributed by atoms with Gasteiger partial charge in [-0.2, -0.15) is 4.98 Å². The lowest BCUT2D eigenvalue weighted by molar-refractivity contribution is -0.00156. The van der Waals surface area contributed by atoms with E-state index in [1.165, 1.54) is 12.3 Å². The molecular weight excluding hydrogens is 432 g/mol. The SMILES string of the molecule is CC.C[C@H]1C[C@@H](Oc2ccnc(COc3ccc(F)cc3F)n2)CCN1C(=O)OC(C)(C)C. The van der Waals surface area contributed by atoms with Crippen LogP contribution in [0, 0.1) is 11.6 Å². The predicted molar refractivity (Wildman–Crippen MR) is 120 cm³/mol. The summed E-state index contributed by atoms with van der Waals surface area (Å²) in [4.78, 5) is 22.4. The van der Waals surface area contributed by atoms with Crippen molar-refractivity contribution in [2.45, 2.75) is 78.7 Å². The Labute approximate surface area is 194 Å². The van der Waals surface area contributed by atoms with Crippen molar-refractivity contribution in [3.63, 3.8) is 0 Å². The average Bonchev–Trinajstić information content (AvgIpc) is 2.73. The maximum Gasteiger partial charge on any atom is 0.410 e. The van der Waals surface area contributed by atoms with Gasteiger partial charge in [-0.15, -0.1) is 0 Å².